The smallest absolute Gasteiger partial charge is 0.282 e. The van der Waals surface area contributed by atoms with Gasteiger partial charge in [-0.3, -0.25) is 0 Å². The molecule has 1 aromatic carbocycles. The zero-order valence-corrected chi connectivity index (χ0v) is 12.6. The van der Waals surface area contributed by atoms with Crippen LogP contribution in [0.1, 0.15) is 18.1 Å². The molecular formula is C14H21N3O2S. The first-order valence-electron chi connectivity index (χ1n) is 7.13. The van der Waals surface area contributed by atoms with Gasteiger partial charge in [-0.25, -0.2) is 0 Å². The Morgan fingerprint density at radius 2 is 1.95 bits per heavy atom. The summed E-state index contributed by atoms with van der Waals surface area (Å²) in [5.41, 5.74) is 2.40. The summed E-state index contributed by atoms with van der Waals surface area (Å²) >= 11 is 0. The molecule has 5 nitrogen and oxygen atoms in total. The molecule has 1 atom stereocenters. The molecule has 2 aliphatic rings. The summed E-state index contributed by atoms with van der Waals surface area (Å²) in [4.78, 5) is 0. The van der Waals surface area contributed by atoms with Crippen molar-refractivity contribution in [3.63, 3.8) is 0 Å². The van der Waals surface area contributed by atoms with Gasteiger partial charge in [-0.05, 0) is 24.5 Å². The minimum Gasteiger partial charge on any atom is -0.314 e. The summed E-state index contributed by atoms with van der Waals surface area (Å²) < 4.78 is 28.8. The van der Waals surface area contributed by atoms with E-state index in [-0.39, 0.29) is 6.04 Å². The maximum absolute atomic E-state index is 12.8. The molecule has 0 saturated carbocycles. The number of rotatable bonds is 2. The second kappa shape index (κ2) is 5.44. The van der Waals surface area contributed by atoms with Gasteiger partial charge in [-0.1, -0.05) is 24.3 Å². The molecule has 0 bridgehead atoms. The number of hydrogen-bond donors (Lipinski definition) is 1. The molecule has 0 unspecified atom stereocenters. The Morgan fingerprint density at radius 3 is 2.70 bits per heavy atom. The van der Waals surface area contributed by atoms with Crippen LogP contribution in [0.25, 0.3) is 0 Å². The largest absolute Gasteiger partial charge is 0.314 e. The van der Waals surface area contributed by atoms with Crippen molar-refractivity contribution in [2.45, 2.75) is 25.9 Å². The van der Waals surface area contributed by atoms with E-state index >= 15 is 0 Å². The highest BCUT2D eigenvalue weighted by atomic mass is 32.2. The predicted octanol–water partition coefficient (Wildman–Crippen LogP) is 0.583. The zero-order chi connectivity index (χ0) is 14.2. The first-order valence-corrected chi connectivity index (χ1v) is 8.53. The Bertz CT molecular complexity index is 588. The zero-order valence-electron chi connectivity index (χ0n) is 11.7. The van der Waals surface area contributed by atoms with Gasteiger partial charge in [-0.15, -0.1) is 0 Å². The Kier molecular flexibility index (Phi) is 3.81. The highest BCUT2D eigenvalue weighted by molar-refractivity contribution is 7.86. The van der Waals surface area contributed by atoms with Crippen molar-refractivity contribution in [1.29, 1.82) is 0 Å². The minimum absolute atomic E-state index is 0.0194. The van der Waals surface area contributed by atoms with Crippen LogP contribution in [0, 0.1) is 0 Å². The summed E-state index contributed by atoms with van der Waals surface area (Å²) in [6.07, 6.45) is 0.801. The highest BCUT2D eigenvalue weighted by Gasteiger charge is 2.35. The number of hydrogen-bond acceptors (Lipinski definition) is 3. The van der Waals surface area contributed by atoms with Crippen LogP contribution >= 0.6 is 0 Å². The monoisotopic (exact) mass is 295 g/mol. The summed E-state index contributed by atoms with van der Waals surface area (Å²) in [6, 6.07) is 8.13. The molecule has 6 heteroatoms. The van der Waals surface area contributed by atoms with E-state index in [0.29, 0.717) is 19.6 Å². The molecule has 110 valence electrons. The van der Waals surface area contributed by atoms with E-state index in [9.17, 15) is 8.42 Å². The van der Waals surface area contributed by atoms with E-state index < -0.39 is 10.2 Å². The second-order valence-corrected chi connectivity index (χ2v) is 7.40. The Hall–Kier alpha value is -0.950. The van der Waals surface area contributed by atoms with E-state index in [4.69, 9.17) is 0 Å². The van der Waals surface area contributed by atoms with Crippen molar-refractivity contribution < 1.29 is 8.42 Å². The average molecular weight is 295 g/mol. The van der Waals surface area contributed by atoms with Crippen LogP contribution in [0.4, 0.5) is 0 Å². The summed E-state index contributed by atoms with van der Waals surface area (Å²) in [5.74, 6) is 0. The third kappa shape index (κ3) is 2.48. The fraction of sp³-hybridized carbons (Fsp3) is 0.571. The molecule has 1 aromatic rings. The maximum atomic E-state index is 12.8. The lowest BCUT2D eigenvalue weighted by Gasteiger charge is -2.38. The summed E-state index contributed by atoms with van der Waals surface area (Å²) in [7, 11) is -3.35. The minimum atomic E-state index is -3.35. The molecule has 3 rings (SSSR count). The van der Waals surface area contributed by atoms with Crippen LogP contribution < -0.4 is 5.32 Å². The molecule has 0 spiro atoms. The van der Waals surface area contributed by atoms with Crippen molar-refractivity contribution in [2.24, 2.45) is 0 Å². The van der Waals surface area contributed by atoms with E-state index in [0.717, 1.165) is 25.1 Å². The normalized spacial score (nSPS) is 25.4. The average Bonchev–Trinajstić information content (AvgIpc) is 2.47. The molecule has 20 heavy (non-hydrogen) atoms. The Balaban J connectivity index is 1.82. The van der Waals surface area contributed by atoms with Crippen LogP contribution in [0.3, 0.4) is 0 Å². The van der Waals surface area contributed by atoms with Gasteiger partial charge in [0.1, 0.15) is 0 Å². The SMILES string of the molecule is C[C@@H]1CNCCN1S(=O)(=O)N1CCc2ccccc2C1. The van der Waals surface area contributed by atoms with Crippen molar-refractivity contribution in [3.8, 4) is 0 Å². The van der Waals surface area contributed by atoms with Crippen LogP contribution in [0.5, 0.6) is 0 Å². The fourth-order valence-electron chi connectivity index (χ4n) is 2.98. The molecule has 1 N–H and O–H groups in total. The molecule has 2 heterocycles. The van der Waals surface area contributed by atoms with Crippen molar-refractivity contribution in [2.75, 3.05) is 26.2 Å². The third-order valence-electron chi connectivity index (χ3n) is 4.16. The first kappa shape index (κ1) is 14.0. The van der Waals surface area contributed by atoms with Gasteiger partial charge >= 0.3 is 0 Å². The summed E-state index contributed by atoms with van der Waals surface area (Å²) in [5, 5.41) is 3.23. The molecule has 1 fully saturated rings. The third-order valence-corrected chi connectivity index (χ3v) is 6.26. The fourth-order valence-corrected chi connectivity index (χ4v) is 4.75. The predicted molar refractivity (Wildman–Crippen MR) is 78.5 cm³/mol. The molecular weight excluding hydrogens is 274 g/mol. The lowest BCUT2D eigenvalue weighted by atomic mass is 10.0. The van der Waals surface area contributed by atoms with Gasteiger partial charge in [-0.2, -0.15) is 17.0 Å². The molecule has 1 saturated heterocycles. The molecule has 0 amide bonds. The van der Waals surface area contributed by atoms with E-state index in [2.05, 4.69) is 11.4 Å². The quantitative estimate of drug-likeness (QED) is 0.868. The van der Waals surface area contributed by atoms with E-state index in [1.807, 2.05) is 25.1 Å². The van der Waals surface area contributed by atoms with Gasteiger partial charge in [0.05, 0.1) is 0 Å². The van der Waals surface area contributed by atoms with Gasteiger partial charge < -0.3 is 5.32 Å². The van der Waals surface area contributed by atoms with Gasteiger partial charge in [0.25, 0.3) is 10.2 Å². The number of nitrogens with one attached hydrogen (secondary N) is 1. The topological polar surface area (TPSA) is 52.7 Å². The Labute approximate surface area is 120 Å². The van der Waals surface area contributed by atoms with Gasteiger partial charge in [0, 0.05) is 38.8 Å². The lowest BCUT2D eigenvalue weighted by Crippen LogP contribution is -2.56. The molecule has 0 aliphatic carbocycles. The summed E-state index contributed by atoms with van der Waals surface area (Å²) in [6.45, 7) is 5.05. The lowest BCUT2D eigenvalue weighted by molar-refractivity contribution is 0.252. The van der Waals surface area contributed by atoms with Crippen LogP contribution in [-0.2, 0) is 23.2 Å². The van der Waals surface area contributed by atoms with Gasteiger partial charge in [0.15, 0.2) is 0 Å². The van der Waals surface area contributed by atoms with Crippen LogP contribution in [0.2, 0.25) is 0 Å². The number of fused-ring (bicyclic) bond motifs is 1. The van der Waals surface area contributed by atoms with Crippen molar-refractivity contribution in [3.05, 3.63) is 35.4 Å². The second-order valence-electron chi connectivity index (χ2n) is 5.52. The highest BCUT2D eigenvalue weighted by Crippen LogP contribution is 2.23. The number of piperazine rings is 1. The maximum Gasteiger partial charge on any atom is 0.282 e. The Morgan fingerprint density at radius 1 is 1.20 bits per heavy atom. The van der Waals surface area contributed by atoms with E-state index in [1.165, 1.54) is 5.56 Å². The van der Waals surface area contributed by atoms with Gasteiger partial charge in [0.2, 0.25) is 0 Å². The van der Waals surface area contributed by atoms with E-state index in [1.54, 1.807) is 8.61 Å². The molecule has 2 aliphatic heterocycles. The van der Waals surface area contributed by atoms with Crippen molar-refractivity contribution >= 4 is 10.2 Å². The van der Waals surface area contributed by atoms with Crippen molar-refractivity contribution in [1.82, 2.24) is 13.9 Å². The molecule has 0 radical (unpaired) electrons. The van der Waals surface area contributed by atoms with Crippen LogP contribution in [0.15, 0.2) is 24.3 Å². The first-order chi connectivity index (χ1) is 9.59. The molecule has 0 aromatic heterocycles. The van der Waals surface area contributed by atoms with Crippen LogP contribution in [-0.4, -0.2) is 49.2 Å². The standard InChI is InChI=1S/C14H21N3O2S/c1-12-10-15-7-9-17(12)20(18,19)16-8-6-13-4-2-3-5-14(13)11-16/h2-5,12,15H,6-11H2,1H3/t12-/m1/s1. The number of benzene rings is 1. The number of nitrogens with zero attached hydrogens (tertiary/aromatic N) is 2.